The molecule has 0 spiro atoms. The Hall–Kier alpha value is -8.67. The first-order valence-electron chi connectivity index (χ1n) is 21.7. The van der Waals surface area contributed by atoms with Gasteiger partial charge in [-0.3, -0.25) is 0 Å². The van der Waals surface area contributed by atoms with Crippen LogP contribution < -0.4 is 0 Å². The average Bonchev–Trinajstić information content (AvgIpc) is 3.88. The van der Waals surface area contributed by atoms with Gasteiger partial charge in [0, 0.05) is 49.6 Å². The van der Waals surface area contributed by atoms with Crippen LogP contribution in [0.4, 0.5) is 0 Å². The average molecular weight is 816 g/mol. The van der Waals surface area contributed by atoms with Gasteiger partial charge < -0.3 is 9.13 Å². The molecule has 0 atom stereocenters. The summed E-state index contributed by atoms with van der Waals surface area (Å²) in [7, 11) is 0. The molecule has 13 rings (SSSR count). The molecule has 0 saturated heterocycles. The van der Waals surface area contributed by atoms with E-state index >= 15 is 0 Å². The van der Waals surface area contributed by atoms with Crippen LogP contribution in [0.3, 0.4) is 0 Å². The molecule has 0 amide bonds. The van der Waals surface area contributed by atoms with Gasteiger partial charge >= 0.3 is 0 Å². The molecule has 3 heterocycles. The van der Waals surface area contributed by atoms with Crippen molar-refractivity contribution in [2.45, 2.75) is 0 Å². The van der Waals surface area contributed by atoms with E-state index in [0.717, 1.165) is 44.4 Å². The largest absolute Gasteiger partial charge is 0.309 e. The third-order valence-electron chi connectivity index (χ3n) is 12.7. The number of para-hydroxylation sites is 1. The predicted molar refractivity (Wildman–Crippen MR) is 265 cm³/mol. The minimum Gasteiger partial charge on any atom is -0.309 e. The highest BCUT2D eigenvalue weighted by Gasteiger charge is 2.21. The van der Waals surface area contributed by atoms with Crippen LogP contribution in [0.2, 0.25) is 0 Å². The lowest BCUT2D eigenvalue weighted by atomic mass is 10.0. The van der Waals surface area contributed by atoms with E-state index in [1.54, 1.807) is 0 Å². The van der Waals surface area contributed by atoms with Crippen molar-refractivity contribution < 1.29 is 0 Å². The van der Waals surface area contributed by atoms with E-state index in [2.05, 4.69) is 173 Å². The van der Waals surface area contributed by atoms with Crippen molar-refractivity contribution in [3.05, 3.63) is 224 Å². The first kappa shape index (κ1) is 36.0. The molecule has 0 fully saturated rings. The summed E-state index contributed by atoms with van der Waals surface area (Å²) in [6.45, 7) is 0. The molecule has 0 aliphatic carbocycles. The highest BCUT2D eigenvalue weighted by Crippen LogP contribution is 2.42. The highest BCUT2D eigenvalue weighted by molar-refractivity contribution is 6.25. The number of benzene rings is 10. The molecule has 64 heavy (non-hydrogen) atoms. The summed E-state index contributed by atoms with van der Waals surface area (Å²) >= 11 is 0. The standard InChI is InChI=1S/C59H37N5/c1-4-14-38(15-5-1)39-26-30-46(31-27-39)63-53-33-29-40-16-10-11-21-48(40)56(53)51-36-50-49-22-12-13-23-52(49)64(54(50)37-55(51)63)47-32-28-43-34-45(25-24-44(43)35-47)59-61-57(41-17-6-2-7-18-41)60-58(62-59)42-19-8-3-9-20-42/h1-37H. The van der Waals surface area contributed by atoms with Gasteiger partial charge in [-0.1, -0.05) is 170 Å². The Bertz CT molecular complexity index is 3870. The highest BCUT2D eigenvalue weighted by atomic mass is 15.0. The normalized spacial score (nSPS) is 11.8. The van der Waals surface area contributed by atoms with Gasteiger partial charge in [0.2, 0.25) is 0 Å². The lowest BCUT2D eigenvalue weighted by Crippen LogP contribution is -2.00. The second kappa shape index (κ2) is 14.5. The van der Waals surface area contributed by atoms with E-state index in [1.807, 2.05) is 60.7 Å². The summed E-state index contributed by atoms with van der Waals surface area (Å²) in [4.78, 5) is 14.9. The molecule has 5 heteroatoms. The Morgan fingerprint density at radius 2 is 0.750 bits per heavy atom. The van der Waals surface area contributed by atoms with E-state index < -0.39 is 0 Å². The topological polar surface area (TPSA) is 48.5 Å². The van der Waals surface area contributed by atoms with Crippen molar-refractivity contribution in [2.75, 3.05) is 0 Å². The zero-order chi connectivity index (χ0) is 42.1. The number of hydrogen-bond acceptors (Lipinski definition) is 3. The SMILES string of the molecule is c1ccc(-c2ccc(-n3c4cc5c(cc4c4c6ccccc6ccc43)c3ccccc3n5-c3ccc4cc(-c5nc(-c6ccccc6)nc(-c6ccccc6)n5)ccc4c3)cc2)cc1. The maximum atomic E-state index is 5.01. The molecule has 0 aliphatic rings. The zero-order valence-corrected chi connectivity index (χ0v) is 34.6. The van der Waals surface area contributed by atoms with Gasteiger partial charge in [-0.2, -0.15) is 0 Å². The molecule has 10 aromatic carbocycles. The molecule has 0 saturated carbocycles. The van der Waals surface area contributed by atoms with Gasteiger partial charge in [0.15, 0.2) is 17.5 Å². The number of hydrogen-bond donors (Lipinski definition) is 0. The Balaban J connectivity index is 0.990. The molecule has 0 unspecified atom stereocenters. The summed E-state index contributed by atoms with van der Waals surface area (Å²) in [5.74, 6) is 1.94. The smallest absolute Gasteiger partial charge is 0.164 e. The van der Waals surface area contributed by atoms with E-state index in [0.29, 0.717) is 17.5 Å². The van der Waals surface area contributed by atoms with Crippen molar-refractivity contribution >= 4 is 65.2 Å². The van der Waals surface area contributed by atoms with Crippen LogP contribution in [0.5, 0.6) is 0 Å². The Morgan fingerprint density at radius 3 is 1.47 bits per heavy atom. The van der Waals surface area contributed by atoms with Gasteiger partial charge in [0.05, 0.1) is 22.1 Å². The predicted octanol–water partition coefficient (Wildman–Crippen LogP) is 15.0. The lowest BCUT2D eigenvalue weighted by molar-refractivity contribution is 1.07. The number of fused-ring (bicyclic) bond motifs is 9. The second-order valence-electron chi connectivity index (χ2n) is 16.5. The summed E-state index contributed by atoms with van der Waals surface area (Å²) in [6.07, 6.45) is 0. The fourth-order valence-corrected chi connectivity index (χ4v) is 9.69. The number of aromatic nitrogens is 5. The summed E-state index contributed by atoms with van der Waals surface area (Å²) in [5.41, 5.74) is 12.2. The lowest BCUT2D eigenvalue weighted by Gasteiger charge is -2.12. The molecule has 298 valence electrons. The van der Waals surface area contributed by atoms with Gasteiger partial charge in [0.25, 0.3) is 0 Å². The van der Waals surface area contributed by atoms with Gasteiger partial charge in [-0.15, -0.1) is 0 Å². The molecule has 3 aromatic heterocycles. The van der Waals surface area contributed by atoms with Crippen molar-refractivity contribution in [3.63, 3.8) is 0 Å². The number of nitrogens with zero attached hydrogens (tertiary/aromatic N) is 5. The van der Waals surface area contributed by atoms with Crippen LogP contribution in [-0.4, -0.2) is 24.1 Å². The van der Waals surface area contributed by atoms with E-state index in [4.69, 9.17) is 15.0 Å². The molecule has 5 nitrogen and oxygen atoms in total. The van der Waals surface area contributed by atoms with E-state index in [9.17, 15) is 0 Å². The first-order valence-corrected chi connectivity index (χ1v) is 21.7. The first-order chi connectivity index (χ1) is 31.7. The quantitative estimate of drug-likeness (QED) is 0.168. The number of rotatable bonds is 6. The molecular weight excluding hydrogens is 779 g/mol. The van der Waals surface area contributed by atoms with E-state index in [-0.39, 0.29) is 0 Å². The second-order valence-corrected chi connectivity index (χ2v) is 16.5. The fourth-order valence-electron chi connectivity index (χ4n) is 9.69. The molecule has 0 radical (unpaired) electrons. The molecular formula is C59H37N5. The molecule has 0 N–H and O–H groups in total. The van der Waals surface area contributed by atoms with Crippen molar-refractivity contribution in [2.24, 2.45) is 0 Å². The molecule has 0 aliphatic heterocycles. The summed E-state index contributed by atoms with van der Waals surface area (Å²) < 4.78 is 4.88. The third-order valence-corrected chi connectivity index (χ3v) is 12.7. The van der Waals surface area contributed by atoms with Crippen LogP contribution in [0.1, 0.15) is 0 Å². The van der Waals surface area contributed by atoms with Crippen molar-refractivity contribution in [1.82, 2.24) is 24.1 Å². The minimum atomic E-state index is 0.642. The zero-order valence-electron chi connectivity index (χ0n) is 34.6. The Labute approximate surface area is 368 Å². The van der Waals surface area contributed by atoms with Crippen molar-refractivity contribution in [3.8, 4) is 56.7 Å². The monoisotopic (exact) mass is 815 g/mol. The van der Waals surface area contributed by atoms with Crippen LogP contribution in [0.15, 0.2) is 224 Å². The fraction of sp³-hybridized carbons (Fsp3) is 0. The summed E-state index contributed by atoms with van der Waals surface area (Å²) in [6, 6.07) is 80.1. The van der Waals surface area contributed by atoms with Gasteiger partial charge in [-0.25, -0.2) is 15.0 Å². The van der Waals surface area contributed by atoms with Crippen LogP contribution in [-0.2, 0) is 0 Å². The third kappa shape index (κ3) is 5.83. The van der Waals surface area contributed by atoms with E-state index in [1.165, 1.54) is 60.0 Å². The van der Waals surface area contributed by atoms with Crippen molar-refractivity contribution in [1.29, 1.82) is 0 Å². The Morgan fingerprint density at radius 1 is 0.250 bits per heavy atom. The molecule has 13 aromatic rings. The summed E-state index contributed by atoms with van der Waals surface area (Å²) in [5, 5.41) is 9.69. The Kier molecular flexibility index (Phi) is 8.15. The minimum absolute atomic E-state index is 0.642. The van der Waals surface area contributed by atoms with Gasteiger partial charge in [0.1, 0.15) is 0 Å². The van der Waals surface area contributed by atoms with Crippen LogP contribution >= 0.6 is 0 Å². The maximum absolute atomic E-state index is 5.01. The maximum Gasteiger partial charge on any atom is 0.164 e. The van der Waals surface area contributed by atoms with Crippen LogP contribution in [0.25, 0.3) is 122 Å². The van der Waals surface area contributed by atoms with Crippen LogP contribution in [0, 0.1) is 0 Å². The van der Waals surface area contributed by atoms with Gasteiger partial charge in [-0.05, 0) is 87.3 Å². The molecule has 0 bridgehead atoms.